The van der Waals surface area contributed by atoms with Crippen LogP contribution in [0.3, 0.4) is 0 Å². The van der Waals surface area contributed by atoms with Crippen LogP contribution in [0.2, 0.25) is 0 Å². The second kappa shape index (κ2) is 30.2. The fourth-order valence-corrected chi connectivity index (χ4v) is 9.46. The van der Waals surface area contributed by atoms with Crippen LogP contribution in [0.5, 0.6) is 0 Å². The highest BCUT2D eigenvalue weighted by Crippen LogP contribution is 2.38. The SMILES string of the molecule is CC(=O)N[C@@H]1[C@@H](OC(C)=O)[C@H](O[C@@H]2O[C@H](COC(=O)C(C)(C)C)[C@H](O)[C@H](O[C@@H]3O[C@H](COC(=O)C(C)(C)C)[C@@H](O[C@@H]4O[C@H](COC(=O)C(C)(C)C)[C@H](O)[C@H](OS(=O)(=O)O)[C@H]4O)[C@H](OC(C)=O)[C@H]3NC(C)=O)[C@H]2OC(C)=O)[C@@H](COC(=O)C(C)(C)C)O[C@H]1O. The first-order valence-electron chi connectivity index (χ1n) is 27.9. The molecule has 88 heavy (non-hydrogen) atoms. The molecule has 0 spiro atoms. The quantitative estimate of drug-likeness (QED) is 0.0389. The summed E-state index contributed by atoms with van der Waals surface area (Å²) in [4.78, 5) is 118. The van der Waals surface area contributed by atoms with Crippen LogP contribution in [0.4, 0.5) is 0 Å². The summed E-state index contributed by atoms with van der Waals surface area (Å²) in [5.41, 5.74) is -4.70. The van der Waals surface area contributed by atoms with Crippen LogP contribution in [0.1, 0.15) is 118 Å². The first-order chi connectivity index (χ1) is 40.2. The van der Waals surface area contributed by atoms with Gasteiger partial charge in [-0.1, -0.05) is 0 Å². The van der Waals surface area contributed by atoms with Gasteiger partial charge >= 0.3 is 52.2 Å². The molecule has 4 heterocycles. The van der Waals surface area contributed by atoms with Crippen LogP contribution in [0, 0.1) is 21.7 Å². The van der Waals surface area contributed by atoms with E-state index in [-0.39, 0.29) is 0 Å². The second-order valence-corrected chi connectivity index (χ2v) is 26.6. The lowest BCUT2D eigenvalue weighted by molar-refractivity contribution is -0.377. The summed E-state index contributed by atoms with van der Waals surface area (Å²) in [7, 11) is -5.53. The lowest BCUT2D eigenvalue weighted by atomic mass is 9.93. The van der Waals surface area contributed by atoms with Crippen molar-refractivity contribution in [1.29, 1.82) is 0 Å². The Bertz CT molecular complexity index is 2590. The Balaban J connectivity index is 1.99. The fraction of sp³-hybridized carbons (Fsp3) is 0.833. The molecule has 7 N–H and O–H groups in total. The number of ether oxygens (including phenoxy) is 14. The summed E-state index contributed by atoms with van der Waals surface area (Å²) >= 11 is 0. The van der Waals surface area contributed by atoms with Gasteiger partial charge in [0, 0.05) is 34.6 Å². The maximum absolute atomic E-state index is 13.5. The number of nitrogens with one attached hydrogen (secondary N) is 2. The Morgan fingerprint density at radius 1 is 0.398 bits per heavy atom. The van der Waals surface area contributed by atoms with Crippen LogP contribution in [0.15, 0.2) is 0 Å². The van der Waals surface area contributed by atoms with Gasteiger partial charge in [0.1, 0.15) is 106 Å². The zero-order chi connectivity index (χ0) is 67.1. The summed E-state index contributed by atoms with van der Waals surface area (Å²) in [5.74, 6) is -8.41. The molecule has 0 unspecified atom stereocenters. The molecule has 0 radical (unpaired) electrons. The third-order valence-electron chi connectivity index (χ3n) is 13.3. The van der Waals surface area contributed by atoms with Gasteiger partial charge in [-0.15, -0.1) is 0 Å². The molecule has 4 aliphatic rings. The predicted molar refractivity (Wildman–Crippen MR) is 289 cm³/mol. The van der Waals surface area contributed by atoms with Crippen LogP contribution in [-0.2, 0) is 124 Å². The minimum absolute atomic E-state index is 0.762. The average Bonchev–Trinajstić information content (AvgIpc) is 1.13. The zero-order valence-corrected chi connectivity index (χ0v) is 53.0. The van der Waals surface area contributed by atoms with E-state index in [0.29, 0.717) is 0 Å². The van der Waals surface area contributed by atoms with Gasteiger partial charge in [0.25, 0.3) is 0 Å². The fourth-order valence-electron chi connectivity index (χ4n) is 8.96. The van der Waals surface area contributed by atoms with Crippen molar-refractivity contribution < 1.29 is 147 Å². The van der Waals surface area contributed by atoms with E-state index in [0.717, 1.165) is 34.6 Å². The Morgan fingerprint density at radius 2 is 0.716 bits per heavy atom. The lowest BCUT2D eigenvalue weighted by Crippen LogP contribution is -2.71. The van der Waals surface area contributed by atoms with Crippen molar-refractivity contribution in [2.45, 2.75) is 240 Å². The minimum atomic E-state index is -5.53. The van der Waals surface area contributed by atoms with Crippen molar-refractivity contribution in [3.05, 3.63) is 0 Å². The van der Waals surface area contributed by atoms with E-state index < -0.39 is 235 Å². The highest BCUT2D eigenvalue weighted by molar-refractivity contribution is 7.80. The number of amides is 2. The van der Waals surface area contributed by atoms with Gasteiger partial charge in [0.15, 0.2) is 43.5 Å². The van der Waals surface area contributed by atoms with Crippen LogP contribution >= 0.6 is 0 Å². The first-order valence-corrected chi connectivity index (χ1v) is 29.3. The molecule has 2 amide bonds. The smallest absolute Gasteiger partial charge is 0.397 e. The van der Waals surface area contributed by atoms with Crippen molar-refractivity contribution in [2.24, 2.45) is 21.7 Å². The average molecular weight is 1290 g/mol. The molecule has 4 aliphatic heterocycles. The predicted octanol–water partition coefficient (Wildman–Crippen LogP) is -1.53. The third-order valence-corrected chi connectivity index (χ3v) is 13.8. The Hall–Kier alpha value is -5.34. The molecule has 4 rings (SSSR count). The van der Waals surface area contributed by atoms with E-state index in [1.54, 1.807) is 0 Å². The van der Waals surface area contributed by atoms with E-state index in [4.69, 9.17) is 66.3 Å². The van der Waals surface area contributed by atoms with Gasteiger partial charge in [0.2, 0.25) is 11.8 Å². The van der Waals surface area contributed by atoms with E-state index in [1.165, 1.54) is 83.1 Å². The number of hydrogen-bond acceptors (Lipinski definition) is 30. The van der Waals surface area contributed by atoms with Crippen LogP contribution < -0.4 is 10.6 Å². The topological polar surface area (TPSA) is 451 Å². The van der Waals surface area contributed by atoms with Crippen molar-refractivity contribution in [1.82, 2.24) is 10.6 Å². The maximum Gasteiger partial charge on any atom is 0.397 e. The monoisotopic (exact) mass is 1290 g/mol. The summed E-state index contributed by atoms with van der Waals surface area (Å²) in [6, 6.07) is -3.60. The van der Waals surface area contributed by atoms with Gasteiger partial charge in [-0.2, -0.15) is 8.42 Å². The van der Waals surface area contributed by atoms with Crippen molar-refractivity contribution in [3.8, 4) is 0 Å². The molecule has 504 valence electrons. The molecule has 34 heteroatoms. The third kappa shape index (κ3) is 21.1. The number of rotatable bonds is 21. The summed E-state index contributed by atoms with van der Waals surface area (Å²) in [6.45, 7) is 19.3. The molecule has 4 fully saturated rings. The van der Waals surface area contributed by atoms with E-state index in [9.17, 15) is 76.5 Å². The van der Waals surface area contributed by atoms with Gasteiger partial charge in [-0.25, -0.2) is 4.18 Å². The highest BCUT2D eigenvalue weighted by atomic mass is 32.3. The van der Waals surface area contributed by atoms with E-state index in [2.05, 4.69) is 14.8 Å². The summed E-state index contributed by atoms with van der Waals surface area (Å²) in [6.07, 6.45) is -37.0. The number of carbonyl (C=O) groups excluding carboxylic acids is 9. The van der Waals surface area contributed by atoms with Crippen molar-refractivity contribution >= 4 is 64.0 Å². The summed E-state index contributed by atoms with van der Waals surface area (Å²) in [5, 5.41) is 51.6. The molecular formula is C54H86N2O31S. The molecule has 0 saturated carbocycles. The zero-order valence-electron chi connectivity index (χ0n) is 52.1. The van der Waals surface area contributed by atoms with Gasteiger partial charge in [0.05, 0.1) is 21.7 Å². The largest absolute Gasteiger partial charge is 0.462 e. The molecule has 0 aromatic rings. The second-order valence-electron chi connectivity index (χ2n) is 25.5. The number of carbonyl (C=O) groups is 9. The lowest BCUT2D eigenvalue weighted by Gasteiger charge is -2.51. The molecule has 0 aromatic heterocycles. The highest BCUT2D eigenvalue weighted by Gasteiger charge is 2.60. The van der Waals surface area contributed by atoms with Gasteiger partial charge in [-0.3, -0.25) is 47.7 Å². The Kier molecular flexibility index (Phi) is 25.8. The Labute approximate surface area is 508 Å². The van der Waals surface area contributed by atoms with Crippen molar-refractivity contribution in [3.63, 3.8) is 0 Å². The molecule has 0 aromatic carbocycles. The maximum atomic E-state index is 13.5. The number of aliphatic hydroxyl groups is 4. The Morgan fingerprint density at radius 3 is 1.10 bits per heavy atom. The summed E-state index contributed by atoms with van der Waals surface area (Å²) < 4.78 is 122. The molecular weight excluding hydrogens is 1200 g/mol. The molecule has 4 saturated heterocycles. The van der Waals surface area contributed by atoms with Crippen LogP contribution in [-0.4, -0.2) is 236 Å². The van der Waals surface area contributed by atoms with Gasteiger partial charge < -0.3 is 97.4 Å². The molecule has 0 bridgehead atoms. The molecule has 33 nitrogen and oxygen atoms in total. The standard InChI is InChI=1S/C54H86N2O31S/c1-22(57)55-31-38(77-24(3)59)36(29(80-43(31)65)20-75-49(68)53(12,13)14)85-46-42(79-26(5)61)41(34(63)28(82-46)19-74-48(67)52(9,10)11)86-44-32(56-23(2)58)39(78-25(4)60)37(30(83-44)21-76-50(69)54(15,16)17)84-45-35(64)40(87-88(70,71)72)33(62)27(81-45)18-73-47(66)51(6,7)8/h27-46,62-65H,18-21H2,1-17H3,(H,55,57)(H,56,58)(H,70,71,72)/t27-,28-,29-,30-,31-,32-,33+,34+,35-,36-,37-,38-,39-,40+,41+,42-,43-,44+,45+,46+/m1/s1. The molecule has 20 atom stereocenters. The van der Waals surface area contributed by atoms with Crippen LogP contribution in [0.25, 0.3) is 0 Å². The van der Waals surface area contributed by atoms with Crippen molar-refractivity contribution in [2.75, 3.05) is 26.4 Å². The van der Waals surface area contributed by atoms with E-state index >= 15 is 0 Å². The van der Waals surface area contributed by atoms with Gasteiger partial charge in [-0.05, 0) is 83.1 Å². The number of esters is 7. The minimum Gasteiger partial charge on any atom is -0.462 e. The normalized spacial score (nSPS) is 33.1. The number of hydrogen-bond donors (Lipinski definition) is 7. The molecule has 0 aliphatic carbocycles. The first kappa shape index (κ1) is 75.1. The number of aliphatic hydroxyl groups excluding tert-OH is 4. The van der Waals surface area contributed by atoms with E-state index in [1.807, 2.05) is 0 Å².